The molecule has 1 amide bonds. The second-order valence-corrected chi connectivity index (χ2v) is 6.65. The van der Waals surface area contributed by atoms with Crippen LogP contribution in [0.5, 0.6) is 0 Å². The molecule has 5 nitrogen and oxygen atoms in total. The van der Waals surface area contributed by atoms with Gasteiger partial charge in [0.15, 0.2) is 0 Å². The van der Waals surface area contributed by atoms with E-state index in [1.807, 2.05) is 25.1 Å². The highest BCUT2D eigenvalue weighted by molar-refractivity contribution is 14.1. The van der Waals surface area contributed by atoms with Gasteiger partial charge in [-0.15, -0.1) is 11.3 Å². The van der Waals surface area contributed by atoms with Crippen molar-refractivity contribution in [3.05, 3.63) is 53.3 Å². The molecular weight excluding hydrogens is 391 g/mol. The van der Waals surface area contributed by atoms with E-state index in [0.717, 1.165) is 20.5 Å². The molecule has 0 aliphatic rings. The van der Waals surface area contributed by atoms with E-state index >= 15 is 0 Å². The maximum atomic E-state index is 12.1. The number of carbonyl (C=O) groups is 1. The topological polar surface area (TPSA) is 72.2 Å². The summed E-state index contributed by atoms with van der Waals surface area (Å²) in [6, 6.07) is 6.90. The number of thiophene rings is 1. The summed E-state index contributed by atoms with van der Waals surface area (Å²) in [5, 5.41) is 13.5. The van der Waals surface area contributed by atoms with E-state index in [1.165, 1.54) is 6.07 Å². The van der Waals surface area contributed by atoms with Gasteiger partial charge in [-0.25, -0.2) is 0 Å². The Morgan fingerprint density at radius 3 is 2.60 bits per heavy atom. The Bertz CT molecular complexity index is 697. The quantitative estimate of drug-likeness (QED) is 0.477. The number of nitrogens with zero attached hydrogens (tertiary/aromatic N) is 1. The Kier molecular flexibility index (Phi) is 4.39. The number of aryl methyl sites for hydroxylation is 2. The number of hydrogen-bond donors (Lipinski definition) is 1. The van der Waals surface area contributed by atoms with Crippen LogP contribution in [0.1, 0.15) is 20.1 Å². The Labute approximate surface area is 133 Å². The normalized spacial score (nSPS) is 10.3. The summed E-state index contributed by atoms with van der Waals surface area (Å²) < 4.78 is 1.05. The molecule has 7 heteroatoms. The predicted octanol–water partition coefficient (Wildman–Crippen LogP) is 4.13. The molecule has 0 aliphatic carbocycles. The second kappa shape index (κ2) is 5.88. The first kappa shape index (κ1) is 14.9. The number of nitrogens with one attached hydrogen (secondary N) is 1. The summed E-state index contributed by atoms with van der Waals surface area (Å²) in [5.41, 5.74) is 1.79. The molecule has 0 fully saturated rings. The predicted molar refractivity (Wildman–Crippen MR) is 87.6 cm³/mol. The first-order chi connectivity index (χ1) is 9.38. The van der Waals surface area contributed by atoms with Gasteiger partial charge in [-0.1, -0.05) is 6.07 Å². The molecule has 0 radical (unpaired) electrons. The van der Waals surface area contributed by atoms with Gasteiger partial charge in [0.25, 0.3) is 11.6 Å². The number of carbonyl (C=O) groups excluding carboxylic acids is 1. The van der Waals surface area contributed by atoms with Crippen molar-refractivity contribution >= 4 is 51.2 Å². The Morgan fingerprint density at radius 1 is 1.35 bits per heavy atom. The minimum Gasteiger partial charge on any atom is -0.321 e. The molecule has 20 heavy (non-hydrogen) atoms. The molecular formula is C13H11IN2O3S. The molecule has 2 aromatic rings. The van der Waals surface area contributed by atoms with Crippen LogP contribution in [0.3, 0.4) is 0 Å². The highest BCUT2D eigenvalue weighted by Crippen LogP contribution is 2.28. The van der Waals surface area contributed by atoms with Gasteiger partial charge in [-0.2, -0.15) is 0 Å². The van der Waals surface area contributed by atoms with Crippen LogP contribution in [0.2, 0.25) is 0 Å². The number of nitro groups is 1. The minimum absolute atomic E-state index is 0.0152. The molecule has 104 valence electrons. The lowest BCUT2D eigenvalue weighted by atomic mass is 10.2. The zero-order chi connectivity index (χ0) is 14.9. The van der Waals surface area contributed by atoms with Crippen molar-refractivity contribution < 1.29 is 9.72 Å². The average molecular weight is 402 g/mol. The summed E-state index contributed by atoms with van der Waals surface area (Å²) in [7, 11) is 0. The molecule has 1 aromatic carbocycles. The first-order valence-electron chi connectivity index (χ1n) is 5.71. The number of halogens is 1. The van der Waals surface area contributed by atoms with Crippen LogP contribution in [-0.4, -0.2) is 10.8 Å². The first-order valence-corrected chi connectivity index (χ1v) is 7.60. The zero-order valence-corrected chi connectivity index (χ0v) is 13.7. The summed E-state index contributed by atoms with van der Waals surface area (Å²) in [5.74, 6) is -0.328. The van der Waals surface area contributed by atoms with Crippen molar-refractivity contribution in [2.75, 3.05) is 5.32 Å². The van der Waals surface area contributed by atoms with Gasteiger partial charge in [0.1, 0.15) is 0 Å². The zero-order valence-electron chi connectivity index (χ0n) is 10.8. The van der Waals surface area contributed by atoms with Crippen LogP contribution < -0.4 is 5.32 Å². The largest absolute Gasteiger partial charge is 0.321 e. The van der Waals surface area contributed by atoms with Gasteiger partial charge in [0, 0.05) is 15.3 Å². The van der Waals surface area contributed by atoms with E-state index in [-0.39, 0.29) is 11.6 Å². The van der Waals surface area contributed by atoms with E-state index < -0.39 is 4.92 Å². The van der Waals surface area contributed by atoms with E-state index in [2.05, 4.69) is 27.9 Å². The monoisotopic (exact) mass is 402 g/mol. The standard InChI is InChI=1S/C13H11IN2O3S/c1-7-3-4-9(5-10(7)14)15-13(17)12-6-11(16(18)19)8(2)20-12/h3-6H,1-2H3,(H,15,17). The minimum atomic E-state index is -0.475. The lowest BCUT2D eigenvalue weighted by molar-refractivity contribution is -0.385. The van der Waals surface area contributed by atoms with Gasteiger partial charge in [0.05, 0.1) is 14.7 Å². The fourth-order valence-corrected chi connectivity index (χ4v) is 3.03. The van der Waals surface area contributed by atoms with Crippen molar-refractivity contribution in [2.24, 2.45) is 0 Å². The molecule has 1 heterocycles. The smallest absolute Gasteiger partial charge is 0.283 e. The van der Waals surface area contributed by atoms with Gasteiger partial charge in [-0.3, -0.25) is 14.9 Å². The maximum absolute atomic E-state index is 12.1. The van der Waals surface area contributed by atoms with Crippen molar-refractivity contribution in [3.8, 4) is 0 Å². The van der Waals surface area contributed by atoms with Crippen LogP contribution in [0.25, 0.3) is 0 Å². The molecule has 2 rings (SSSR count). The maximum Gasteiger partial charge on any atom is 0.283 e. The van der Waals surface area contributed by atoms with Crippen LogP contribution in [-0.2, 0) is 0 Å². The van der Waals surface area contributed by atoms with Gasteiger partial charge in [0.2, 0.25) is 0 Å². The molecule has 1 aromatic heterocycles. The number of rotatable bonds is 3. The van der Waals surface area contributed by atoms with Crippen molar-refractivity contribution in [3.63, 3.8) is 0 Å². The molecule has 1 N–H and O–H groups in total. The molecule has 0 aliphatic heterocycles. The number of hydrogen-bond acceptors (Lipinski definition) is 4. The molecule has 0 unspecified atom stereocenters. The third-order valence-electron chi connectivity index (χ3n) is 2.74. The second-order valence-electron chi connectivity index (χ2n) is 4.23. The van der Waals surface area contributed by atoms with Crippen LogP contribution in [0, 0.1) is 27.5 Å². The molecule has 0 atom stereocenters. The summed E-state index contributed by atoms with van der Waals surface area (Å²) >= 11 is 3.31. The lowest BCUT2D eigenvalue weighted by Crippen LogP contribution is -2.10. The summed E-state index contributed by atoms with van der Waals surface area (Å²) in [4.78, 5) is 23.2. The highest BCUT2D eigenvalue weighted by atomic mass is 127. The van der Waals surface area contributed by atoms with Crippen LogP contribution in [0.15, 0.2) is 24.3 Å². The van der Waals surface area contributed by atoms with Gasteiger partial charge >= 0.3 is 0 Å². The van der Waals surface area contributed by atoms with Gasteiger partial charge in [-0.05, 0) is 54.1 Å². The highest BCUT2D eigenvalue weighted by Gasteiger charge is 2.19. The molecule has 0 spiro atoms. The van der Waals surface area contributed by atoms with Crippen LogP contribution in [0.4, 0.5) is 11.4 Å². The summed E-state index contributed by atoms with van der Waals surface area (Å²) in [6.45, 7) is 3.62. The van der Waals surface area contributed by atoms with Crippen molar-refractivity contribution in [1.29, 1.82) is 0 Å². The van der Waals surface area contributed by atoms with Crippen LogP contribution >= 0.6 is 33.9 Å². The SMILES string of the molecule is Cc1ccc(NC(=O)c2cc([N+](=O)[O-])c(C)s2)cc1I. The third kappa shape index (κ3) is 3.15. The fourth-order valence-electron chi connectivity index (χ4n) is 1.63. The van der Waals surface area contributed by atoms with E-state index in [1.54, 1.807) is 6.92 Å². The number of benzene rings is 1. The van der Waals surface area contributed by atoms with E-state index in [0.29, 0.717) is 15.4 Å². The number of amides is 1. The molecule has 0 saturated carbocycles. The van der Waals surface area contributed by atoms with Crippen molar-refractivity contribution in [1.82, 2.24) is 0 Å². The average Bonchev–Trinajstić information content (AvgIpc) is 2.76. The van der Waals surface area contributed by atoms with E-state index in [9.17, 15) is 14.9 Å². The Hall–Kier alpha value is -1.48. The molecule has 0 bridgehead atoms. The van der Waals surface area contributed by atoms with E-state index in [4.69, 9.17) is 0 Å². The third-order valence-corrected chi connectivity index (χ3v) is 4.94. The van der Waals surface area contributed by atoms with Crippen molar-refractivity contribution in [2.45, 2.75) is 13.8 Å². The number of anilines is 1. The fraction of sp³-hybridized carbons (Fsp3) is 0.154. The van der Waals surface area contributed by atoms with Gasteiger partial charge < -0.3 is 5.32 Å². The molecule has 0 saturated heterocycles. The Balaban J connectivity index is 2.21. The summed E-state index contributed by atoms with van der Waals surface area (Å²) in [6.07, 6.45) is 0. The lowest BCUT2D eigenvalue weighted by Gasteiger charge is -2.05. The Morgan fingerprint density at radius 2 is 2.05 bits per heavy atom.